The fraction of sp³-hybridized carbons (Fsp3) is 0.500. The SMILES string of the molecule is Cc1cc(C)c(NC(=O)C2CCCCO2)c(Br)c1. The summed E-state index contributed by atoms with van der Waals surface area (Å²) < 4.78 is 6.41. The normalized spacial score (nSPS) is 19.6. The van der Waals surface area contributed by atoms with Crippen molar-refractivity contribution in [2.45, 2.75) is 39.2 Å². The summed E-state index contributed by atoms with van der Waals surface area (Å²) in [6, 6.07) is 4.06. The van der Waals surface area contributed by atoms with Gasteiger partial charge in [0.05, 0.1) is 5.69 Å². The van der Waals surface area contributed by atoms with E-state index in [-0.39, 0.29) is 12.0 Å². The molecule has 2 rings (SSSR count). The highest BCUT2D eigenvalue weighted by Gasteiger charge is 2.22. The van der Waals surface area contributed by atoms with Crippen LogP contribution in [-0.2, 0) is 9.53 Å². The van der Waals surface area contributed by atoms with Crippen LogP contribution in [-0.4, -0.2) is 18.6 Å². The lowest BCUT2D eigenvalue weighted by Gasteiger charge is -2.22. The summed E-state index contributed by atoms with van der Waals surface area (Å²) >= 11 is 3.49. The minimum absolute atomic E-state index is 0.0395. The molecule has 1 saturated heterocycles. The van der Waals surface area contributed by atoms with Crippen molar-refractivity contribution in [1.29, 1.82) is 0 Å². The summed E-state index contributed by atoms with van der Waals surface area (Å²) in [6.45, 7) is 4.72. The monoisotopic (exact) mass is 311 g/mol. The molecule has 1 amide bonds. The van der Waals surface area contributed by atoms with Crippen molar-refractivity contribution >= 4 is 27.5 Å². The largest absolute Gasteiger partial charge is 0.368 e. The summed E-state index contributed by atoms with van der Waals surface area (Å²) in [6.07, 6.45) is 2.63. The van der Waals surface area contributed by atoms with Crippen LogP contribution in [0.3, 0.4) is 0 Å². The van der Waals surface area contributed by atoms with Crippen molar-refractivity contribution in [2.75, 3.05) is 11.9 Å². The maximum Gasteiger partial charge on any atom is 0.253 e. The molecular formula is C14H18BrNO2. The number of aryl methyl sites for hydroxylation is 2. The number of hydrogen-bond donors (Lipinski definition) is 1. The van der Waals surface area contributed by atoms with E-state index in [4.69, 9.17) is 4.74 Å². The number of carbonyl (C=O) groups excluding carboxylic acids is 1. The number of carbonyl (C=O) groups is 1. The molecule has 1 fully saturated rings. The molecule has 98 valence electrons. The van der Waals surface area contributed by atoms with E-state index in [0.717, 1.165) is 35.0 Å². The van der Waals surface area contributed by atoms with E-state index in [2.05, 4.69) is 27.3 Å². The quantitative estimate of drug-likeness (QED) is 0.906. The zero-order valence-corrected chi connectivity index (χ0v) is 12.3. The van der Waals surface area contributed by atoms with E-state index >= 15 is 0 Å². The molecule has 0 aromatic heterocycles. The van der Waals surface area contributed by atoms with Gasteiger partial charge in [-0.3, -0.25) is 4.79 Å². The zero-order valence-electron chi connectivity index (χ0n) is 10.8. The molecule has 0 spiro atoms. The van der Waals surface area contributed by atoms with Crippen molar-refractivity contribution < 1.29 is 9.53 Å². The average molecular weight is 312 g/mol. The molecule has 1 aliphatic rings. The van der Waals surface area contributed by atoms with Crippen LogP contribution in [0.2, 0.25) is 0 Å². The lowest BCUT2D eigenvalue weighted by atomic mass is 10.1. The van der Waals surface area contributed by atoms with Crippen LogP contribution in [0.25, 0.3) is 0 Å². The van der Waals surface area contributed by atoms with E-state index in [0.29, 0.717) is 6.61 Å². The molecule has 1 aromatic carbocycles. The van der Waals surface area contributed by atoms with E-state index in [1.165, 1.54) is 5.56 Å². The Morgan fingerprint density at radius 2 is 2.17 bits per heavy atom. The van der Waals surface area contributed by atoms with Gasteiger partial charge in [-0.15, -0.1) is 0 Å². The van der Waals surface area contributed by atoms with Crippen molar-refractivity contribution in [3.63, 3.8) is 0 Å². The van der Waals surface area contributed by atoms with Crippen molar-refractivity contribution in [3.05, 3.63) is 27.7 Å². The molecular weight excluding hydrogens is 294 g/mol. The predicted molar refractivity (Wildman–Crippen MR) is 75.8 cm³/mol. The molecule has 0 aliphatic carbocycles. The summed E-state index contributed by atoms with van der Waals surface area (Å²) in [4.78, 5) is 12.1. The zero-order chi connectivity index (χ0) is 13.1. The molecule has 18 heavy (non-hydrogen) atoms. The highest BCUT2D eigenvalue weighted by molar-refractivity contribution is 9.10. The molecule has 1 N–H and O–H groups in total. The van der Waals surface area contributed by atoms with Gasteiger partial charge in [-0.1, -0.05) is 6.07 Å². The fourth-order valence-electron chi connectivity index (χ4n) is 2.23. The van der Waals surface area contributed by atoms with Crippen LogP contribution in [0, 0.1) is 13.8 Å². The van der Waals surface area contributed by atoms with Gasteiger partial charge in [0, 0.05) is 11.1 Å². The number of anilines is 1. The van der Waals surface area contributed by atoms with E-state index in [9.17, 15) is 4.79 Å². The highest BCUT2D eigenvalue weighted by Crippen LogP contribution is 2.28. The maximum atomic E-state index is 12.1. The molecule has 4 heteroatoms. The van der Waals surface area contributed by atoms with Gasteiger partial charge in [0.25, 0.3) is 5.91 Å². The number of hydrogen-bond acceptors (Lipinski definition) is 2. The number of benzene rings is 1. The minimum atomic E-state index is -0.300. The first-order valence-corrected chi connectivity index (χ1v) is 7.06. The Morgan fingerprint density at radius 3 is 2.78 bits per heavy atom. The maximum absolute atomic E-state index is 12.1. The Hall–Kier alpha value is -0.870. The second-order valence-corrected chi connectivity index (χ2v) is 5.64. The molecule has 1 unspecified atom stereocenters. The summed E-state index contributed by atoms with van der Waals surface area (Å²) in [5.74, 6) is -0.0395. The van der Waals surface area contributed by atoms with Gasteiger partial charge in [0.1, 0.15) is 6.10 Å². The third kappa shape index (κ3) is 3.12. The Kier molecular flexibility index (Phi) is 4.40. The van der Waals surface area contributed by atoms with Gasteiger partial charge in [-0.25, -0.2) is 0 Å². The van der Waals surface area contributed by atoms with Crippen LogP contribution in [0.4, 0.5) is 5.69 Å². The molecule has 1 aliphatic heterocycles. The Bertz CT molecular complexity index is 430. The van der Waals surface area contributed by atoms with Gasteiger partial charge < -0.3 is 10.1 Å². The number of amides is 1. The van der Waals surface area contributed by atoms with Gasteiger partial charge in [0.15, 0.2) is 0 Å². The molecule has 3 nitrogen and oxygen atoms in total. The van der Waals surface area contributed by atoms with Crippen LogP contribution in [0.15, 0.2) is 16.6 Å². The first-order chi connectivity index (χ1) is 8.58. The highest BCUT2D eigenvalue weighted by atomic mass is 79.9. The summed E-state index contributed by atoms with van der Waals surface area (Å²) in [5, 5.41) is 2.96. The second-order valence-electron chi connectivity index (χ2n) is 4.78. The number of ether oxygens (including phenoxy) is 1. The standard InChI is InChI=1S/C14H18BrNO2/c1-9-7-10(2)13(11(15)8-9)16-14(17)12-5-3-4-6-18-12/h7-8,12H,3-6H2,1-2H3,(H,16,17). The van der Waals surface area contributed by atoms with Crippen LogP contribution >= 0.6 is 15.9 Å². The first-order valence-electron chi connectivity index (χ1n) is 6.27. The molecule has 0 radical (unpaired) electrons. The Morgan fingerprint density at radius 1 is 1.39 bits per heavy atom. The number of rotatable bonds is 2. The van der Waals surface area contributed by atoms with Crippen molar-refractivity contribution in [2.24, 2.45) is 0 Å². The van der Waals surface area contributed by atoms with Crippen LogP contribution in [0.5, 0.6) is 0 Å². The summed E-state index contributed by atoms with van der Waals surface area (Å²) in [7, 11) is 0. The third-order valence-electron chi connectivity index (χ3n) is 3.15. The molecule has 1 aromatic rings. The topological polar surface area (TPSA) is 38.3 Å². The predicted octanol–water partition coefficient (Wildman–Crippen LogP) is 3.57. The van der Waals surface area contributed by atoms with Crippen molar-refractivity contribution in [3.8, 4) is 0 Å². The number of halogens is 1. The van der Waals surface area contributed by atoms with Gasteiger partial charge in [0.2, 0.25) is 0 Å². The summed E-state index contributed by atoms with van der Waals surface area (Å²) in [5.41, 5.74) is 3.08. The van der Waals surface area contributed by atoms with E-state index < -0.39 is 0 Å². The number of nitrogens with one attached hydrogen (secondary N) is 1. The molecule has 1 atom stereocenters. The second kappa shape index (κ2) is 5.85. The van der Waals surface area contributed by atoms with Gasteiger partial charge >= 0.3 is 0 Å². The lowest BCUT2D eigenvalue weighted by molar-refractivity contribution is -0.129. The van der Waals surface area contributed by atoms with E-state index in [1.807, 2.05) is 19.9 Å². The fourth-order valence-corrected chi connectivity index (χ4v) is 3.00. The van der Waals surface area contributed by atoms with Crippen LogP contribution < -0.4 is 5.32 Å². The Labute approximate surface area is 116 Å². The van der Waals surface area contributed by atoms with Gasteiger partial charge in [-0.2, -0.15) is 0 Å². The molecule has 0 saturated carbocycles. The third-order valence-corrected chi connectivity index (χ3v) is 3.78. The smallest absolute Gasteiger partial charge is 0.253 e. The van der Waals surface area contributed by atoms with Gasteiger partial charge in [-0.05, 0) is 66.2 Å². The molecule has 0 bridgehead atoms. The minimum Gasteiger partial charge on any atom is -0.368 e. The Balaban J connectivity index is 2.11. The molecule has 1 heterocycles. The average Bonchev–Trinajstić information content (AvgIpc) is 2.34. The lowest BCUT2D eigenvalue weighted by Crippen LogP contribution is -2.33. The van der Waals surface area contributed by atoms with Crippen molar-refractivity contribution in [1.82, 2.24) is 0 Å². The van der Waals surface area contributed by atoms with E-state index in [1.54, 1.807) is 0 Å². The van der Waals surface area contributed by atoms with Crippen LogP contribution in [0.1, 0.15) is 30.4 Å². The first kappa shape index (κ1) is 13.6.